The fourth-order valence-electron chi connectivity index (χ4n) is 2.20. The molecule has 0 N–H and O–H groups in total. The summed E-state index contributed by atoms with van der Waals surface area (Å²) in [6.07, 6.45) is 4.17. The van der Waals surface area contributed by atoms with Crippen molar-refractivity contribution < 1.29 is 8.42 Å². The fourth-order valence-corrected chi connectivity index (χ4v) is 3.12. The highest BCUT2D eigenvalue weighted by Crippen LogP contribution is 2.26. The van der Waals surface area contributed by atoms with Gasteiger partial charge in [-0.1, -0.05) is 13.0 Å². The summed E-state index contributed by atoms with van der Waals surface area (Å²) < 4.78 is 26.4. The van der Waals surface area contributed by atoms with Crippen LogP contribution in [0.25, 0.3) is 16.9 Å². The predicted octanol–water partition coefficient (Wildman–Crippen LogP) is 1.93. The van der Waals surface area contributed by atoms with Gasteiger partial charge in [-0.25, -0.2) is 12.9 Å². The summed E-state index contributed by atoms with van der Waals surface area (Å²) in [5.74, 6) is 0.442. The van der Waals surface area contributed by atoms with Crippen molar-refractivity contribution in [1.82, 2.24) is 24.4 Å². The zero-order valence-electron chi connectivity index (χ0n) is 11.1. The van der Waals surface area contributed by atoms with Crippen LogP contribution in [-0.2, 0) is 15.6 Å². The van der Waals surface area contributed by atoms with E-state index < -0.39 is 9.05 Å². The van der Waals surface area contributed by atoms with Gasteiger partial charge in [0, 0.05) is 23.4 Å². The lowest BCUT2D eigenvalue weighted by Crippen LogP contribution is -2.07. The van der Waals surface area contributed by atoms with Gasteiger partial charge in [-0.05, 0) is 18.6 Å². The smallest absolute Gasteiger partial charge is 0.296 e. The number of aromatic nitrogens is 5. The zero-order chi connectivity index (χ0) is 15.0. The molecule has 3 aromatic heterocycles. The molecular weight excluding hydrogens is 314 g/mol. The second kappa shape index (κ2) is 5.12. The van der Waals surface area contributed by atoms with E-state index in [0.717, 1.165) is 11.9 Å². The van der Waals surface area contributed by atoms with E-state index in [1.165, 1.54) is 4.57 Å². The summed E-state index contributed by atoms with van der Waals surface area (Å²) in [7, 11) is 1.48. The number of hydrogen-bond donors (Lipinski definition) is 0. The van der Waals surface area contributed by atoms with Crippen LogP contribution in [0.5, 0.6) is 0 Å². The van der Waals surface area contributed by atoms with Crippen molar-refractivity contribution in [3.05, 3.63) is 30.6 Å². The number of rotatable bonds is 4. The zero-order valence-corrected chi connectivity index (χ0v) is 12.7. The SMILES string of the molecule is CCCn1c(-c2cnn3ccccc23)nnc1S(=O)(=O)Cl. The van der Waals surface area contributed by atoms with Crippen LogP contribution in [0.4, 0.5) is 0 Å². The topological polar surface area (TPSA) is 82.2 Å². The van der Waals surface area contributed by atoms with Crippen molar-refractivity contribution >= 4 is 25.2 Å². The molecule has 3 heterocycles. The first kappa shape index (κ1) is 14.0. The highest BCUT2D eigenvalue weighted by atomic mass is 35.7. The summed E-state index contributed by atoms with van der Waals surface area (Å²) in [6, 6.07) is 5.61. The molecule has 0 saturated heterocycles. The highest BCUT2D eigenvalue weighted by molar-refractivity contribution is 8.13. The van der Waals surface area contributed by atoms with E-state index in [1.54, 1.807) is 16.9 Å². The number of pyridine rings is 1. The molecule has 0 aliphatic heterocycles. The van der Waals surface area contributed by atoms with Crippen LogP contribution in [-0.4, -0.2) is 32.8 Å². The standard InChI is InChI=1S/C12H12ClN5O2S/c1-2-6-17-11(15-16-12(17)21(13,19)20)9-8-14-18-7-4-3-5-10(9)18/h3-5,7-8H,2,6H2,1H3. The van der Waals surface area contributed by atoms with E-state index in [4.69, 9.17) is 10.7 Å². The van der Waals surface area contributed by atoms with Crippen molar-refractivity contribution in [3.63, 3.8) is 0 Å². The fraction of sp³-hybridized carbons (Fsp3) is 0.250. The van der Waals surface area contributed by atoms with Crippen molar-refractivity contribution in [2.75, 3.05) is 0 Å². The monoisotopic (exact) mass is 325 g/mol. The minimum Gasteiger partial charge on any atom is -0.297 e. The van der Waals surface area contributed by atoms with Crippen LogP contribution in [0.15, 0.2) is 35.7 Å². The summed E-state index contributed by atoms with van der Waals surface area (Å²) in [5, 5.41) is 11.7. The summed E-state index contributed by atoms with van der Waals surface area (Å²) in [6.45, 7) is 2.39. The van der Waals surface area contributed by atoms with Crippen molar-refractivity contribution in [3.8, 4) is 11.4 Å². The van der Waals surface area contributed by atoms with Gasteiger partial charge in [0.2, 0.25) is 0 Å². The Bertz CT molecular complexity index is 899. The van der Waals surface area contributed by atoms with E-state index in [2.05, 4.69) is 15.3 Å². The lowest BCUT2D eigenvalue weighted by atomic mass is 10.2. The number of hydrogen-bond acceptors (Lipinski definition) is 5. The second-order valence-electron chi connectivity index (χ2n) is 4.48. The molecule has 3 aromatic rings. The average molecular weight is 326 g/mol. The lowest BCUT2D eigenvalue weighted by Gasteiger charge is -2.06. The average Bonchev–Trinajstić information content (AvgIpc) is 3.02. The number of halogens is 1. The number of nitrogens with zero attached hydrogens (tertiary/aromatic N) is 5. The predicted molar refractivity (Wildman–Crippen MR) is 77.5 cm³/mol. The Morgan fingerprint density at radius 3 is 2.81 bits per heavy atom. The second-order valence-corrected chi connectivity index (χ2v) is 6.94. The Morgan fingerprint density at radius 1 is 1.29 bits per heavy atom. The molecule has 0 aliphatic carbocycles. The molecule has 0 radical (unpaired) electrons. The van der Waals surface area contributed by atoms with Gasteiger partial charge in [0.25, 0.3) is 14.2 Å². The lowest BCUT2D eigenvalue weighted by molar-refractivity contribution is 0.570. The van der Waals surface area contributed by atoms with Crippen molar-refractivity contribution in [2.45, 2.75) is 25.0 Å². The molecule has 7 nitrogen and oxygen atoms in total. The van der Waals surface area contributed by atoms with Gasteiger partial charge >= 0.3 is 0 Å². The van der Waals surface area contributed by atoms with Gasteiger partial charge in [-0.2, -0.15) is 5.10 Å². The Hall–Kier alpha value is -1.93. The third-order valence-electron chi connectivity index (χ3n) is 3.05. The maximum atomic E-state index is 11.6. The van der Waals surface area contributed by atoms with Crippen molar-refractivity contribution in [1.29, 1.82) is 0 Å². The Kier molecular flexibility index (Phi) is 3.42. The molecule has 0 fully saturated rings. The van der Waals surface area contributed by atoms with Crippen molar-refractivity contribution in [2.24, 2.45) is 0 Å². The van der Waals surface area contributed by atoms with E-state index in [0.29, 0.717) is 17.9 Å². The largest absolute Gasteiger partial charge is 0.297 e. The molecule has 0 saturated carbocycles. The van der Waals surface area contributed by atoms with Gasteiger partial charge in [0.15, 0.2) is 5.82 Å². The quantitative estimate of drug-likeness (QED) is 0.684. The van der Waals surface area contributed by atoms with Crippen LogP contribution in [0.1, 0.15) is 13.3 Å². The van der Waals surface area contributed by atoms with Gasteiger partial charge in [0.1, 0.15) is 0 Å². The third-order valence-corrected chi connectivity index (χ3v) is 4.20. The van der Waals surface area contributed by atoms with Crippen LogP contribution in [0.2, 0.25) is 0 Å². The summed E-state index contributed by atoms with van der Waals surface area (Å²) >= 11 is 0. The molecule has 110 valence electrons. The van der Waals surface area contributed by atoms with Gasteiger partial charge < -0.3 is 0 Å². The Morgan fingerprint density at radius 2 is 2.10 bits per heavy atom. The highest BCUT2D eigenvalue weighted by Gasteiger charge is 2.24. The maximum Gasteiger partial charge on any atom is 0.296 e. The molecule has 0 atom stereocenters. The van der Waals surface area contributed by atoms with Crippen LogP contribution >= 0.6 is 10.7 Å². The maximum absolute atomic E-state index is 11.6. The molecule has 3 rings (SSSR count). The number of fused-ring (bicyclic) bond motifs is 1. The first-order valence-electron chi connectivity index (χ1n) is 6.33. The minimum atomic E-state index is -3.94. The Labute approximate surface area is 125 Å². The molecule has 0 aliphatic rings. The van der Waals surface area contributed by atoms with E-state index in [9.17, 15) is 8.42 Å². The molecule has 0 amide bonds. The molecule has 21 heavy (non-hydrogen) atoms. The van der Waals surface area contributed by atoms with Crippen LogP contribution in [0, 0.1) is 0 Å². The van der Waals surface area contributed by atoms with Crippen LogP contribution < -0.4 is 0 Å². The van der Waals surface area contributed by atoms with Crippen LogP contribution in [0.3, 0.4) is 0 Å². The normalized spacial score (nSPS) is 12.1. The third kappa shape index (κ3) is 2.40. The minimum absolute atomic E-state index is 0.240. The molecule has 0 unspecified atom stereocenters. The molecule has 0 aromatic carbocycles. The van der Waals surface area contributed by atoms with Gasteiger partial charge in [-0.15, -0.1) is 10.2 Å². The van der Waals surface area contributed by atoms with Gasteiger partial charge in [0.05, 0.1) is 17.3 Å². The van der Waals surface area contributed by atoms with Gasteiger partial charge in [-0.3, -0.25) is 4.57 Å². The molecule has 9 heteroatoms. The first-order valence-corrected chi connectivity index (χ1v) is 8.64. The summed E-state index contributed by atoms with van der Waals surface area (Å²) in [5.41, 5.74) is 1.53. The van der Waals surface area contributed by atoms with E-state index in [-0.39, 0.29) is 5.16 Å². The molecule has 0 spiro atoms. The Balaban J connectivity index is 2.25. The first-order chi connectivity index (χ1) is 10.0. The molecule has 0 bridgehead atoms. The summed E-state index contributed by atoms with van der Waals surface area (Å²) in [4.78, 5) is 0. The van der Waals surface area contributed by atoms with E-state index in [1.807, 2.05) is 25.1 Å². The van der Waals surface area contributed by atoms with E-state index >= 15 is 0 Å². The molecular formula is C12H12ClN5O2S.